The number of benzene rings is 2. The molecule has 3 nitrogen and oxygen atoms in total. The van der Waals surface area contributed by atoms with Gasteiger partial charge in [-0.1, -0.05) is 30.0 Å². The topological polar surface area (TPSA) is 45.9 Å². The molecule has 150 valence electrons. The Balaban J connectivity index is 1.78. The molecule has 8 heteroatoms. The highest BCUT2D eigenvalue weighted by Crippen LogP contribution is 2.30. The lowest BCUT2D eigenvalue weighted by Gasteiger charge is -2.12. The summed E-state index contributed by atoms with van der Waals surface area (Å²) in [6, 6.07) is 12.3. The van der Waals surface area contributed by atoms with Crippen molar-refractivity contribution in [2.45, 2.75) is 18.3 Å². The van der Waals surface area contributed by atoms with E-state index in [-0.39, 0.29) is 16.3 Å². The quantitative estimate of drug-likeness (QED) is 0.220. The molecule has 0 radical (unpaired) electrons. The number of pyridine rings is 1. The smallest absolute Gasteiger partial charge is 0.406 e. The lowest BCUT2D eigenvalue weighted by Crippen LogP contribution is -2.17. The van der Waals surface area contributed by atoms with Gasteiger partial charge in [-0.25, -0.2) is 9.37 Å². The van der Waals surface area contributed by atoms with Crippen LogP contribution in [0.5, 0.6) is 5.75 Å². The molecule has 0 bridgehead atoms. The summed E-state index contributed by atoms with van der Waals surface area (Å²) < 4.78 is 54.9. The lowest BCUT2D eigenvalue weighted by molar-refractivity contribution is -0.274. The number of nitriles is 1. The fourth-order valence-electron chi connectivity index (χ4n) is 2.64. The molecule has 30 heavy (non-hydrogen) atoms. The third kappa shape index (κ3) is 5.53. The van der Waals surface area contributed by atoms with Gasteiger partial charge in [-0.15, -0.1) is 13.2 Å². The fourth-order valence-corrected chi connectivity index (χ4v) is 3.00. The van der Waals surface area contributed by atoms with Crippen LogP contribution in [0.1, 0.15) is 16.7 Å². The molecule has 1 aromatic heterocycles. The Hall–Kier alpha value is -3.49. The lowest BCUT2D eigenvalue weighted by atomic mass is 9.99. The summed E-state index contributed by atoms with van der Waals surface area (Å²) in [6.45, 7) is 1.69. The fraction of sp³-hybridized carbons (Fsp3) is 0.0909. The van der Waals surface area contributed by atoms with Crippen LogP contribution in [0.3, 0.4) is 0 Å². The number of nitrogens with zero attached hydrogens (tertiary/aromatic N) is 2. The predicted octanol–water partition coefficient (Wildman–Crippen LogP) is 6.07. The minimum Gasteiger partial charge on any atom is -0.406 e. The summed E-state index contributed by atoms with van der Waals surface area (Å²) in [5, 5.41) is 10.7. The monoisotopic (exact) mass is 428 g/mol. The van der Waals surface area contributed by atoms with Gasteiger partial charge in [0.15, 0.2) is 0 Å². The molecular weight excluding hydrogens is 416 g/mol. The number of ether oxygens (including phenoxy) is 1. The first-order chi connectivity index (χ1) is 14.2. The average Bonchev–Trinajstić information content (AvgIpc) is 2.67. The van der Waals surface area contributed by atoms with Crippen molar-refractivity contribution in [2.75, 3.05) is 0 Å². The van der Waals surface area contributed by atoms with E-state index in [4.69, 9.17) is 5.26 Å². The highest BCUT2D eigenvalue weighted by Gasteiger charge is 2.31. The molecule has 0 aliphatic heterocycles. The van der Waals surface area contributed by atoms with Gasteiger partial charge in [0.05, 0.1) is 5.56 Å². The van der Waals surface area contributed by atoms with Crippen molar-refractivity contribution in [2.24, 2.45) is 0 Å². The number of aromatic nitrogens is 1. The van der Waals surface area contributed by atoms with Crippen LogP contribution in [0.25, 0.3) is 11.1 Å². The van der Waals surface area contributed by atoms with Crippen LogP contribution < -0.4 is 4.74 Å². The van der Waals surface area contributed by atoms with Crippen molar-refractivity contribution in [1.29, 1.82) is 5.26 Å². The second-order valence-corrected chi connectivity index (χ2v) is 6.85. The second-order valence-electron chi connectivity index (χ2n) is 6.05. The van der Waals surface area contributed by atoms with E-state index in [9.17, 15) is 17.6 Å². The van der Waals surface area contributed by atoms with Crippen LogP contribution >= 0.6 is 11.8 Å². The molecule has 0 amide bonds. The molecular formula is C22H12F4N2OS. The maximum atomic E-state index is 14.0. The van der Waals surface area contributed by atoms with E-state index in [0.717, 1.165) is 29.0 Å². The molecule has 0 saturated heterocycles. The molecule has 0 aliphatic carbocycles. The molecule has 3 rings (SSSR count). The van der Waals surface area contributed by atoms with Crippen LogP contribution in [-0.4, -0.2) is 11.3 Å². The van der Waals surface area contributed by atoms with Gasteiger partial charge in [0, 0.05) is 29.6 Å². The van der Waals surface area contributed by atoms with E-state index < -0.39 is 12.2 Å². The summed E-state index contributed by atoms with van der Waals surface area (Å²) in [4.78, 5) is 3.95. The number of halogens is 4. The van der Waals surface area contributed by atoms with Crippen molar-refractivity contribution in [3.63, 3.8) is 0 Å². The van der Waals surface area contributed by atoms with Gasteiger partial charge in [0.1, 0.15) is 22.0 Å². The Morgan fingerprint density at radius 2 is 1.77 bits per heavy atom. The average molecular weight is 428 g/mol. The van der Waals surface area contributed by atoms with E-state index in [1.165, 1.54) is 18.3 Å². The predicted molar refractivity (Wildman–Crippen MR) is 105 cm³/mol. The molecule has 0 fully saturated rings. The Labute approximate surface area is 174 Å². The molecule has 0 N–H and O–H groups in total. The maximum absolute atomic E-state index is 14.0. The zero-order valence-corrected chi connectivity index (χ0v) is 16.2. The van der Waals surface area contributed by atoms with Crippen molar-refractivity contribution < 1.29 is 22.3 Å². The minimum atomic E-state index is -4.74. The molecule has 0 atom stereocenters. The van der Waals surface area contributed by atoms with Crippen LogP contribution in [0, 0.1) is 35.2 Å². The Morgan fingerprint density at radius 1 is 1.03 bits per heavy atom. The maximum Gasteiger partial charge on any atom is 0.573 e. The largest absolute Gasteiger partial charge is 0.573 e. The van der Waals surface area contributed by atoms with E-state index >= 15 is 0 Å². The van der Waals surface area contributed by atoms with Crippen molar-refractivity contribution in [1.82, 2.24) is 4.98 Å². The van der Waals surface area contributed by atoms with Crippen molar-refractivity contribution in [3.8, 4) is 34.1 Å². The number of aryl methyl sites for hydroxylation is 1. The van der Waals surface area contributed by atoms with Gasteiger partial charge >= 0.3 is 6.36 Å². The number of thiocyanates is 1. The number of hydrogen-bond acceptors (Lipinski definition) is 4. The van der Waals surface area contributed by atoms with E-state index in [1.807, 2.05) is 5.40 Å². The molecule has 2 aromatic carbocycles. The van der Waals surface area contributed by atoms with Crippen LogP contribution in [-0.2, 0) is 0 Å². The van der Waals surface area contributed by atoms with E-state index in [2.05, 4.69) is 21.6 Å². The third-order valence-electron chi connectivity index (χ3n) is 3.95. The highest BCUT2D eigenvalue weighted by atomic mass is 32.2. The molecule has 0 spiro atoms. The highest BCUT2D eigenvalue weighted by molar-refractivity contribution is 8.03. The molecule has 0 aliphatic rings. The first-order valence-electron chi connectivity index (χ1n) is 8.45. The van der Waals surface area contributed by atoms with Gasteiger partial charge < -0.3 is 4.74 Å². The number of hydrogen-bond donors (Lipinski definition) is 0. The number of thioether (sulfide) groups is 1. The van der Waals surface area contributed by atoms with E-state index in [1.54, 1.807) is 37.3 Å². The summed E-state index contributed by atoms with van der Waals surface area (Å²) >= 11 is 0.759. The zero-order valence-electron chi connectivity index (χ0n) is 15.4. The van der Waals surface area contributed by atoms with Crippen molar-refractivity contribution >= 4 is 11.8 Å². The van der Waals surface area contributed by atoms with Gasteiger partial charge in [-0.3, -0.25) is 0 Å². The molecule has 0 unspecified atom stereocenters. The van der Waals surface area contributed by atoms with Gasteiger partial charge in [-0.05, 0) is 47.9 Å². The summed E-state index contributed by atoms with van der Waals surface area (Å²) in [5.74, 6) is 4.69. The van der Waals surface area contributed by atoms with Gasteiger partial charge in [0.2, 0.25) is 0 Å². The summed E-state index contributed by atoms with van der Waals surface area (Å²) in [7, 11) is 0. The number of alkyl halides is 3. The molecule has 1 heterocycles. The minimum absolute atomic E-state index is 0.109. The Kier molecular flexibility index (Phi) is 6.29. The van der Waals surface area contributed by atoms with E-state index in [0.29, 0.717) is 11.1 Å². The van der Waals surface area contributed by atoms with Crippen LogP contribution in [0.2, 0.25) is 0 Å². The van der Waals surface area contributed by atoms with Crippen molar-refractivity contribution in [3.05, 3.63) is 77.2 Å². The van der Waals surface area contributed by atoms with Gasteiger partial charge in [-0.2, -0.15) is 5.26 Å². The standard InChI is InChI=1S/C22H12F4N2OS/c1-14-10-18(29-22(24,25)26)8-9-19(14)16-5-2-15(3-6-16)4-7-17-12-28-21(30-13-27)11-20(17)23/h2-3,5-6,8-12H,1H3. The third-order valence-corrected chi connectivity index (χ3v) is 4.47. The first kappa shape index (κ1) is 21.2. The summed E-state index contributed by atoms with van der Waals surface area (Å²) in [6.07, 6.45) is -3.47. The second kappa shape index (κ2) is 8.89. The molecule has 0 saturated carbocycles. The zero-order chi connectivity index (χ0) is 21.7. The van der Waals surface area contributed by atoms with Crippen LogP contribution in [0.15, 0.2) is 59.8 Å². The summed E-state index contributed by atoms with van der Waals surface area (Å²) in [5.41, 5.74) is 2.91. The Bertz CT molecular complexity index is 1170. The normalized spacial score (nSPS) is 10.7. The number of rotatable bonds is 3. The van der Waals surface area contributed by atoms with Crippen LogP contribution in [0.4, 0.5) is 17.6 Å². The first-order valence-corrected chi connectivity index (χ1v) is 9.27. The molecule has 3 aromatic rings. The van der Waals surface area contributed by atoms with Gasteiger partial charge in [0.25, 0.3) is 0 Å². The Morgan fingerprint density at radius 3 is 2.37 bits per heavy atom. The SMILES string of the molecule is Cc1cc(OC(F)(F)F)ccc1-c1ccc(C#Cc2cnc(SC#N)cc2F)cc1.